The number of hydrogen-bond acceptors (Lipinski definition) is 5. The summed E-state index contributed by atoms with van der Waals surface area (Å²) in [5, 5.41) is 28.7. The number of aliphatic carboxylic acids is 1. The maximum absolute atomic E-state index is 13.8. The maximum Gasteiger partial charge on any atom is 0.332 e. The summed E-state index contributed by atoms with van der Waals surface area (Å²) in [6.45, 7) is 0. The third-order valence-corrected chi connectivity index (χ3v) is 5.93. The average Bonchev–Trinajstić information content (AvgIpc) is 3.40. The highest BCUT2D eigenvalue weighted by Gasteiger charge is 2.24. The van der Waals surface area contributed by atoms with E-state index in [-0.39, 0.29) is 12.1 Å². The van der Waals surface area contributed by atoms with E-state index in [1.54, 1.807) is 0 Å². The number of carboxylic acids is 1. The van der Waals surface area contributed by atoms with Gasteiger partial charge in [0.25, 0.3) is 5.91 Å². The zero-order valence-corrected chi connectivity index (χ0v) is 20.0. The lowest BCUT2D eigenvalue weighted by molar-refractivity contribution is -0.147. The molecular weight excluding hydrogens is 477 g/mol. The molecule has 0 spiro atoms. The molecule has 0 radical (unpaired) electrons. The quantitative estimate of drug-likeness (QED) is 0.259. The van der Waals surface area contributed by atoms with Crippen molar-refractivity contribution in [2.24, 2.45) is 0 Å². The number of aliphatic hydroxyl groups is 1. The van der Waals surface area contributed by atoms with Crippen LogP contribution in [0.2, 0.25) is 0 Å². The number of carbonyl (C=O) groups excluding carboxylic acids is 1. The molecule has 3 aromatic carbocycles. The van der Waals surface area contributed by atoms with Crippen LogP contribution in [0, 0.1) is 5.82 Å². The third kappa shape index (κ3) is 6.39. The average molecular weight is 504 g/mol. The van der Waals surface area contributed by atoms with Gasteiger partial charge in [0.2, 0.25) is 0 Å². The van der Waals surface area contributed by atoms with Gasteiger partial charge in [-0.05, 0) is 47.4 Å². The van der Waals surface area contributed by atoms with Crippen molar-refractivity contribution in [1.82, 2.24) is 15.5 Å². The van der Waals surface area contributed by atoms with Crippen molar-refractivity contribution in [2.45, 2.75) is 25.0 Å². The molecule has 0 bridgehead atoms. The number of aromatic nitrogens is 2. The minimum Gasteiger partial charge on any atom is -0.496 e. The molecule has 1 amide bonds. The number of aliphatic hydroxyl groups excluding tert-OH is 1. The number of halogens is 1. The summed E-state index contributed by atoms with van der Waals surface area (Å²) in [4.78, 5) is 24.3. The number of benzene rings is 3. The largest absolute Gasteiger partial charge is 0.496 e. The number of H-pyrrole nitrogens is 1. The molecule has 0 aliphatic rings. The zero-order chi connectivity index (χ0) is 26.4. The predicted molar refractivity (Wildman–Crippen MR) is 136 cm³/mol. The molecule has 4 N–H and O–H groups in total. The van der Waals surface area contributed by atoms with Gasteiger partial charge in [0.15, 0.2) is 6.10 Å². The Morgan fingerprint density at radius 1 is 1.03 bits per heavy atom. The van der Waals surface area contributed by atoms with Gasteiger partial charge in [0.1, 0.15) is 17.3 Å². The first kappa shape index (κ1) is 25.6. The summed E-state index contributed by atoms with van der Waals surface area (Å²) in [7, 11) is 1.45. The van der Waals surface area contributed by atoms with Gasteiger partial charge in [0.05, 0.1) is 12.8 Å². The van der Waals surface area contributed by atoms with E-state index in [0.29, 0.717) is 23.4 Å². The molecule has 0 fully saturated rings. The first-order valence-corrected chi connectivity index (χ1v) is 11.6. The van der Waals surface area contributed by atoms with Crippen LogP contribution in [0.3, 0.4) is 0 Å². The van der Waals surface area contributed by atoms with E-state index in [1.807, 2.05) is 54.6 Å². The SMILES string of the molecule is COc1ccc(F)cc1-c1cc(C(=O)N[C@H](Cc2ccc(-c3ccccc3)cc2)C[C@@H](O)C(=O)O)[nH]n1. The number of methoxy groups -OCH3 is 1. The highest BCUT2D eigenvalue weighted by Crippen LogP contribution is 2.29. The van der Waals surface area contributed by atoms with Crippen LogP contribution in [0.25, 0.3) is 22.4 Å². The molecular formula is C28H26FN3O5. The second-order valence-corrected chi connectivity index (χ2v) is 8.54. The van der Waals surface area contributed by atoms with Crippen LogP contribution in [0.1, 0.15) is 22.5 Å². The molecule has 1 heterocycles. The fourth-order valence-electron chi connectivity index (χ4n) is 4.03. The first-order chi connectivity index (χ1) is 17.8. The number of carboxylic acid groups (broad SMARTS) is 1. The number of rotatable bonds is 10. The zero-order valence-electron chi connectivity index (χ0n) is 20.0. The smallest absolute Gasteiger partial charge is 0.332 e. The molecule has 0 unspecified atom stereocenters. The number of ether oxygens (including phenoxy) is 1. The second kappa shape index (κ2) is 11.5. The number of amides is 1. The second-order valence-electron chi connectivity index (χ2n) is 8.54. The van der Waals surface area contributed by atoms with Crippen molar-refractivity contribution in [1.29, 1.82) is 0 Å². The van der Waals surface area contributed by atoms with E-state index in [9.17, 15) is 24.2 Å². The predicted octanol–water partition coefficient (Wildman–Crippen LogP) is 4.07. The fraction of sp³-hybridized carbons (Fsp3) is 0.179. The molecule has 1 aromatic heterocycles. The number of nitrogens with one attached hydrogen (secondary N) is 2. The molecule has 8 nitrogen and oxygen atoms in total. The van der Waals surface area contributed by atoms with Crippen LogP contribution in [0.15, 0.2) is 78.9 Å². The standard InChI is InChI=1S/C28H26FN3O5/c1-37-26-12-11-20(29)14-22(26)23-16-24(32-31-23)27(34)30-21(15-25(33)28(35)36)13-17-7-9-19(10-8-17)18-5-3-2-4-6-18/h2-12,14,16,21,25,33H,13,15H2,1H3,(H,30,34)(H,31,32)(H,35,36)/t21-,25-/m1/s1. The number of carbonyl (C=O) groups is 2. The summed E-state index contributed by atoms with van der Waals surface area (Å²) in [5.41, 5.74) is 3.71. The van der Waals surface area contributed by atoms with Crippen LogP contribution >= 0.6 is 0 Å². The Morgan fingerprint density at radius 3 is 2.41 bits per heavy atom. The molecule has 0 saturated carbocycles. The molecule has 4 aromatic rings. The summed E-state index contributed by atoms with van der Waals surface area (Å²) in [5.74, 6) is -2.01. The van der Waals surface area contributed by atoms with Gasteiger partial charge in [-0.2, -0.15) is 5.10 Å². The summed E-state index contributed by atoms with van der Waals surface area (Å²) >= 11 is 0. The molecule has 0 aliphatic heterocycles. The van der Waals surface area contributed by atoms with Crippen LogP contribution in [0.4, 0.5) is 4.39 Å². The van der Waals surface area contributed by atoms with Crippen molar-refractivity contribution in [3.05, 3.63) is 95.9 Å². The van der Waals surface area contributed by atoms with Gasteiger partial charge in [0, 0.05) is 18.0 Å². The van der Waals surface area contributed by atoms with Crippen molar-refractivity contribution in [2.75, 3.05) is 7.11 Å². The van der Waals surface area contributed by atoms with Gasteiger partial charge in [-0.1, -0.05) is 54.6 Å². The minimum absolute atomic E-state index is 0.0931. The van der Waals surface area contributed by atoms with Gasteiger partial charge >= 0.3 is 5.97 Å². The molecule has 0 aliphatic carbocycles. The van der Waals surface area contributed by atoms with Gasteiger partial charge < -0.3 is 20.3 Å². The van der Waals surface area contributed by atoms with Crippen molar-refractivity contribution in [3.8, 4) is 28.1 Å². The fourth-order valence-corrected chi connectivity index (χ4v) is 4.03. The van der Waals surface area contributed by atoms with Crippen LogP contribution in [-0.4, -0.2) is 51.5 Å². The lowest BCUT2D eigenvalue weighted by atomic mass is 9.97. The van der Waals surface area contributed by atoms with Crippen LogP contribution < -0.4 is 10.1 Å². The van der Waals surface area contributed by atoms with Crippen LogP contribution in [0.5, 0.6) is 5.75 Å². The third-order valence-electron chi connectivity index (χ3n) is 5.93. The normalized spacial score (nSPS) is 12.5. The molecule has 37 heavy (non-hydrogen) atoms. The van der Waals surface area contributed by atoms with Gasteiger partial charge in [-0.15, -0.1) is 0 Å². The number of aromatic amines is 1. The maximum atomic E-state index is 13.8. The summed E-state index contributed by atoms with van der Waals surface area (Å²) < 4.78 is 19.0. The topological polar surface area (TPSA) is 125 Å². The Morgan fingerprint density at radius 2 is 1.73 bits per heavy atom. The van der Waals surface area contributed by atoms with Crippen molar-refractivity contribution in [3.63, 3.8) is 0 Å². The van der Waals surface area contributed by atoms with Crippen LogP contribution in [-0.2, 0) is 11.2 Å². The Labute approximate surface area is 212 Å². The number of nitrogens with zero attached hydrogens (tertiary/aromatic N) is 1. The molecule has 9 heteroatoms. The molecule has 4 rings (SSSR count). The first-order valence-electron chi connectivity index (χ1n) is 11.6. The molecule has 190 valence electrons. The lowest BCUT2D eigenvalue weighted by Gasteiger charge is -2.20. The number of hydrogen-bond donors (Lipinski definition) is 4. The van der Waals surface area contributed by atoms with E-state index < -0.39 is 29.8 Å². The van der Waals surface area contributed by atoms with Gasteiger partial charge in [-0.3, -0.25) is 9.89 Å². The van der Waals surface area contributed by atoms with E-state index in [1.165, 1.54) is 31.4 Å². The van der Waals surface area contributed by atoms with E-state index >= 15 is 0 Å². The molecule has 2 atom stereocenters. The van der Waals surface area contributed by atoms with E-state index in [2.05, 4.69) is 15.5 Å². The van der Waals surface area contributed by atoms with Gasteiger partial charge in [-0.25, -0.2) is 9.18 Å². The Bertz CT molecular complexity index is 1370. The summed E-state index contributed by atoms with van der Waals surface area (Å²) in [6.07, 6.45) is -1.55. The Balaban J connectivity index is 1.51. The lowest BCUT2D eigenvalue weighted by Crippen LogP contribution is -2.40. The van der Waals surface area contributed by atoms with Crippen molar-refractivity contribution >= 4 is 11.9 Å². The van der Waals surface area contributed by atoms with E-state index in [0.717, 1.165) is 16.7 Å². The molecule has 0 saturated heterocycles. The summed E-state index contributed by atoms with van der Waals surface area (Å²) in [6, 6.07) is 22.3. The Hall–Kier alpha value is -4.50. The van der Waals surface area contributed by atoms with Crippen molar-refractivity contribution < 1.29 is 28.9 Å². The minimum atomic E-state index is -1.65. The Kier molecular flexibility index (Phi) is 7.95. The highest BCUT2D eigenvalue weighted by molar-refractivity contribution is 5.93. The highest BCUT2D eigenvalue weighted by atomic mass is 19.1. The van der Waals surface area contributed by atoms with E-state index in [4.69, 9.17) is 4.74 Å². The monoisotopic (exact) mass is 503 g/mol.